The van der Waals surface area contributed by atoms with Crippen molar-refractivity contribution in [1.29, 1.82) is 0 Å². The van der Waals surface area contributed by atoms with Crippen LogP contribution in [0.1, 0.15) is 13.8 Å². The number of aromatic nitrogens is 1. The van der Waals surface area contributed by atoms with Crippen molar-refractivity contribution in [3.63, 3.8) is 0 Å². The average Bonchev–Trinajstić information content (AvgIpc) is 2.67. The quantitative estimate of drug-likeness (QED) is 0.817. The Hall–Kier alpha value is -1.43. The summed E-state index contributed by atoms with van der Waals surface area (Å²) >= 11 is 1.30. The predicted molar refractivity (Wildman–Crippen MR) is 56.7 cm³/mol. The van der Waals surface area contributed by atoms with Crippen LogP contribution in [0.3, 0.4) is 0 Å². The Kier molecular flexibility index (Phi) is 3.79. The molecule has 2 unspecified atom stereocenters. The average molecular weight is 228 g/mol. The Morgan fingerprint density at radius 2 is 2.13 bits per heavy atom. The minimum atomic E-state index is -0.975. The number of amides is 1. The normalized spacial score (nSPS) is 14.3. The molecule has 0 spiro atoms. The summed E-state index contributed by atoms with van der Waals surface area (Å²) in [5.74, 6) is -2.58. The summed E-state index contributed by atoms with van der Waals surface area (Å²) in [4.78, 5) is 26.1. The van der Waals surface area contributed by atoms with Crippen molar-refractivity contribution in [3.05, 3.63) is 11.6 Å². The second-order valence-electron chi connectivity index (χ2n) is 3.24. The topological polar surface area (TPSA) is 79.3 Å². The maximum atomic E-state index is 11.5. The molecule has 82 valence electrons. The highest BCUT2D eigenvalue weighted by Gasteiger charge is 2.25. The molecule has 1 aromatic rings. The van der Waals surface area contributed by atoms with Gasteiger partial charge in [-0.2, -0.15) is 0 Å². The van der Waals surface area contributed by atoms with Crippen LogP contribution in [-0.4, -0.2) is 22.0 Å². The summed E-state index contributed by atoms with van der Waals surface area (Å²) < 4.78 is 0. The lowest BCUT2D eigenvalue weighted by Crippen LogP contribution is -2.29. The lowest BCUT2D eigenvalue weighted by molar-refractivity contribution is -0.145. The van der Waals surface area contributed by atoms with E-state index in [-0.39, 0.29) is 5.91 Å². The molecule has 2 atom stereocenters. The van der Waals surface area contributed by atoms with E-state index in [4.69, 9.17) is 5.11 Å². The van der Waals surface area contributed by atoms with Gasteiger partial charge in [0.2, 0.25) is 5.91 Å². The molecule has 0 aliphatic carbocycles. The number of nitrogens with one attached hydrogen (secondary N) is 1. The summed E-state index contributed by atoms with van der Waals surface area (Å²) in [6, 6.07) is 0. The summed E-state index contributed by atoms with van der Waals surface area (Å²) in [6.07, 6.45) is 1.57. The summed E-state index contributed by atoms with van der Waals surface area (Å²) in [5, 5.41) is 13.5. The van der Waals surface area contributed by atoms with Crippen LogP contribution in [0.5, 0.6) is 0 Å². The number of anilines is 1. The van der Waals surface area contributed by atoms with Gasteiger partial charge in [0.15, 0.2) is 5.13 Å². The number of carbonyl (C=O) groups excluding carboxylic acids is 1. The largest absolute Gasteiger partial charge is 0.481 e. The summed E-state index contributed by atoms with van der Waals surface area (Å²) in [6.45, 7) is 3.09. The van der Waals surface area contributed by atoms with Crippen LogP contribution in [0.25, 0.3) is 0 Å². The third-order valence-electron chi connectivity index (χ3n) is 2.22. The molecule has 0 saturated carbocycles. The SMILES string of the molecule is CC(C(=O)O)C(C)C(=O)Nc1nccs1. The first kappa shape index (κ1) is 11.6. The number of nitrogens with zero attached hydrogens (tertiary/aromatic N) is 1. The molecule has 15 heavy (non-hydrogen) atoms. The lowest BCUT2D eigenvalue weighted by atomic mass is 9.95. The molecule has 0 bridgehead atoms. The van der Waals surface area contributed by atoms with Crippen LogP contribution in [0.15, 0.2) is 11.6 Å². The standard InChI is InChI=1S/C9H12N2O3S/c1-5(6(2)8(13)14)7(12)11-9-10-3-4-15-9/h3-6H,1-2H3,(H,13,14)(H,10,11,12). The van der Waals surface area contributed by atoms with Crippen molar-refractivity contribution in [1.82, 2.24) is 4.98 Å². The van der Waals surface area contributed by atoms with Gasteiger partial charge in [-0.15, -0.1) is 11.3 Å². The fraction of sp³-hybridized carbons (Fsp3) is 0.444. The molecular formula is C9H12N2O3S. The minimum Gasteiger partial charge on any atom is -0.481 e. The van der Waals surface area contributed by atoms with Crippen molar-refractivity contribution < 1.29 is 14.7 Å². The van der Waals surface area contributed by atoms with Gasteiger partial charge >= 0.3 is 5.97 Å². The third-order valence-corrected chi connectivity index (χ3v) is 2.90. The lowest BCUT2D eigenvalue weighted by Gasteiger charge is -2.14. The molecule has 1 amide bonds. The van der Waals surface area contributed by atoms with Crippen molar-refractivity contribution >= 4 is 28.3 Å². The number of hydrogen-bond donors (Lipinski definition) is 2. The van der Waals surface area contributed by atoms with Crippen molar-refractivity contribution in [2.45, 2.75) is 13.8 Å². The number of carboxylic acid groups (broad SMARTS) is 1. The fourth-order valence-electron chi connectivity index (χ4n) is 0.945. The number of thiazole rings is 1. The van der Waals surface area contributed by atoms with Crippen LogP contribution in [0.2, 0.25) is 0 Å². The molecule has 0 radical (unpaired) electrons. The highest BCUT2D eigenvalue weighted by Crippen LogP contribution is 2.16. The summed E-state index contributed by atoms with van der Waals surface area (Å²) in [7, 11) is 0. The Bertz CT molecular complexity index is 350. The van der Waals surface area contributed by atoms with Gasteiger partial charge in [0.05, 0.1) is 5.92 Å². The first-order valence-corrected chi connectivity index (χ1v) is 5.33. The zero-order chi connectivity index (χ0) is 11.4. The monoisotopic (exact) mass is 228 g/mol. The maximum absolute atomic E-state index is 11.5. The van der Waals surface area contributed by atoms with Gasteiger partial charge in [-0.1, -0.05) is 13.8 Å². The molecule has 5 nitrogen and oxygen atoms in total. The number of rotatable bonds is 4. The molecule has 6 heteroatoms. The zero-order valence-corrected chi connectivity index (χ0v) is 9.25. The van der Waals surface area contributed by atoms with E-state index in [2.05, 4.69) is 10.3 Å². The van der Waals surface area contributed by atoms with E-state index in [0.717, 1.165) is 0 Å². The number of hydrogen-bond acceptors (Lipinski definition) is 4. The van der Waals surface area contributed by atoms with Gasteiger partial charge in [0, 0.05) is 17.5 Å². The van der Waals surface area contributed by atoms with E-state index in [0.29, 0.717) is 5.13 Å². The molecule has 0 aromatic carbocycles. The molecule has 2 N–H and O–H groups in total. The van der Waals surface area contributed by atoms with Crippen molar-refractivity contribution in [2.24, 2.45) is 11.8 Å². The van der Waals surface area contributed by atoms with E-state index >= 15 is 0 Å². The maximum Gasteiger partial charge on any atom is 0.307 e. The molecule has 0 fully saturated rings. The van der Waals surface area contributed by atoms with E-state index in [1.54, 1.807) is 18.5 Å². The van der Waals surface area contributed by atoms with Crippen LogP contribution in [0.4, 0.5) is 5.13 Å². The Labute approximate surface area is 91.1 Å². The van der Waals surface area contributed by atoms with Crippen LogP contribution >= 0.6 is 11.3 Å². The second-order valence-corrected chi connectivity index (χ2v) is 4.14. The first-order chi connectivity index (χ1) is 7.02. The highest BCUT2D eigenvalue weighted by atomic mass is 32.1. The smallest absolute Gasteiger partial charge is 0.307 e. The van der Waals surface area contributed by atoms with Crippen molar-refractivity contribution in [3.8, 4) is 0 Å². The van der Waals surface area contributed by atoms with Gasteiger partial charge in [-0.3, -0.25) is 9.59 Å². The number of aliphatic carboxylic acids is 1. The number of carbonyl (C=O) groups is 2. The minimum absolute atomic E-state index is 0.320. The molecule has 0 saturated heterocycles. The molecule has 1 rings (SSSR count). The van der Waals surface area contributed by atoms with Crippen molar-refractivity contribution in [2.75, 3.05) is 5.32 Å². The van der Waals surface area contributed by atoms with E-state index in [1.165, 1.54) is 18.3 Å². The molecular weight excluding hydrogens is 216 g/mol. The van der Waals surface area contributed by atoms with Crippen LogP contribution < -0.4 is 5.32 Å². The Balaban J connectivity index is 2.57. The van der Waals surface area contributed by atoms with E-state index in [1.807, 2.05) is 0 Å². The van der Waals surface area contributed by atoms with Gasteiger partial charge in [0.25, 0.3) is 0 Å². The van der Waals surface area contributed by atoms with Gasteiger partial charge in [-0.05, 0) is 0 Å². The molecule has 1 aromatic heterocycles. The molecule has 0 aliphatic heterocycles. The zero-order valence-electron chi connectivity index (χ0n) is 8.43. The van der Waals surface area contributed by atoms with Gasteiger partial charge in [-0.25, -0.2) is 4.98 Å². The molecule has 0 aliphatic rings. The Morgan fingerprint density at radius 1 is 1.47 bits per heavy atom. The second kappa shape index (κ2) is 4.88. The van der Waals surface area contributed by atoms with Gasteiger partial charge < -0.3 is 10.4 Å². The number of carboxylic acids is 1. The summed E-state index contributed by atoms with van der Waals surface area (Å²) in [5.41, 5.74) is 0. The van der Waals surface area contributed by atoms with Crippen LogP contribution in [0, 0.1) is 11.8 Å². The van der Waals surface area contributed by atoms with E-state index in [9.17, 15) is 9.59 Å². The predicted octanol–water partition coefficient (Wildman–Crippen LogP) is 1.44. The first-order valence-electron chi connectivity index (χ1n) is 4.45. The fourth-order valence-corrected chi connectivity index (χ4v) is 1.48. The highest BCUT2D eigenvalue weighted by molar-refractivity contribution is 7.13. The van der Waals surface area contributed by atoms with E-state index < -0.39 is 17.8 Å². The third kappa shape index (κ3) is 3.02. The van der Waals surface area contributed by atoms with Gasteiger partial charge in [0.1, 0.15) is 0 Å². The van der Waals surface area contributed by atoms with Crippen LogP contribution in [-0.2, 0) is 9.59 Å². The molecule has 1 heterocycles. The Morgan fingerprint density at radius 3 is 2.60 bits per heavy atom.